The molecular formula is C17H13Cl2N3O2S. The van der Waals surface area contributed by atoms with Gasteiger partial charge in [-0.1, -0.05) is 28.4 Å². The van der Waals surface area contributed by atoms with Gasteiger partial charge in [-0.05, 0) is 48.5 Å². The standard InChI is InChI=1S/C17H13Cl2N3O2S/c18-12-3-1-11(2-4-12)17-21-16(24-22-17)10-25-9-15(23)20-14-7-5-13(19)6-8-14/h1-8H,9-10H2,(H,20,23). The van der Waals surface area contributed by atoms with E-state index in [1.54, 1.807) is 36.4 Å². The number of halogens is 2. The fraction of sp³-hybridized carbons (Fsp3) is 0.118. The summed E-state index contributed by atoms with van der Waals surface area (Å²) >= 11 is 13.1. The fourth-order valence-corrected chi connectivity index (χ4v) is 2.89. The molecule has 0 spiro atoms. The van der Waals surface area contributed by atoms with Crippen molar-refractivity contribution in [2.24, 2.45) is 0 Å². The lowest BCUT2D eigenvalue weighted by Crippen LogP contribution is -2.14. The number of amides is 1. The summed E-state index contributed by atoms with van der Waals surface area (Å²) in [4.78, 5) is 16.2. The Morgan fingerprint density at radius 1 is 1.04 bits per heavy atom. The Labute approximate surface area is 158 Å². The van der Waals surface area contributed by atoms with Crippen LogP contribution in [0.15, 0.2) is 53.1 Å². The van der Waals surface area contributed by atoms with E-state index in [4.69, 9.17) is 27.7 Å². The molecule has 0 saturated heterocycles. The van der Waals surface area contributed by atoms with Gasteiger partial charge in [-0.25, -0.2) is 0 Å². The van der Waals surface area contributed by atoms with Gasteiger partial charge in [-0.3, -0.25) is 4.79 Å². The Balaban J connectivity index is 1.48. The van der Waals surface area contributed by atoms with Crippen molar-refractivity contribution in [2.75, 3.05) is 11.1 Å². The van der Waals surface area contributed by atoms with Crippen LogP contribution in [0, 0.1) is 0 Å². The summed E-state index contributed by atoms with van der Waals surface area (Å²) in [5.41, 5.74) is 1.53. The lowest BCUT2D eigenvalue weighted by Gasteiger charge is -2.04. The highest BCUT2D eigenvalue weighted by atomic mass is 35.5. The van der Waals surface area contributed by atoms with Crippen molar-refractivity contribution >= 4 is 46.6 Å². The van der Waals surface area contributed by atoms with Crippen LogP contribution < -0.4 is 5.32 Å². The van der Waals surface area contributed by atoms with Gasteiger partial charge in [0.05, 0.1) is 11.5 Å². The van der Waals surface area contributed by atoms with Crippen molar-refractivity contribution in [3.63, 3.8) is 0 Å². The summed E-state index contributed by atoms with van der Waals surface area (Å²) in [6.45, 7) is 0. The molecule has 128 valence electrons. The highest BCUT2D eigenvalue weighted by Crippen LogP contribution is 2.20. The van der Waals surface area contributed by atoms with Gasteiger partial charge in [-0.15, -0.1) is 11.8 Å². The Morgan fingerprint density at radius 2 is 1.68 bits per heavy atom. The van der Waals surface area contributed by atoms with Crippen LogP contribution in [0.2, 0.25) is 10.0 Å². The molecule has 1 amide bonds. The lowest BCUT2D eigenvalue weighted by atomic mass is 10.2. The first-order valence-electron chi connectivity index (χ1n) is 7.32. The van der Waals surface area contributed by atoms with E-state index in [9.17, 15) is 4.79 Å². The number of rotatable bonds is 6. The first-order chi connectivity index (χ1) is 12.1. The molecule has 0 bridgehead atoms. The molecule has 0 saturated carbocycles. The number of benzene rings is 2. The molecule has 0 atom stereocenters. The predicted molar refractivity (Wildman–Crippen MR) is 101 cm³/mol. The molecule has 2 aromatic carbocycles. The van der Waals surface area contributed by atoms with E-state index in [0.29, 0.717) is 33.2 Å². The van der Waals surface area contributed by atoms with Crippen LogP contribution in [0.4, 0.5) is 5.69 Å². The minimum absolute atomic E-state index is 0.107. The first kappa shape index (κ1) is 17.8. The van der Waals surface area contributed by atoms with Crippen molar-refractivity contribution < 1.29 is 9.32 Å². The molecule has 1 aromatic heterocycles. The van der Waals surface area contributed by atoms with Crippen LogP contribution in [0.1, 0.15) is 5.89 Å². The smallest absolute Gasteiger partial charge is 0.236 e. The van der Waals surface area contributed by atoms with E-state index in [2.05, 4.69) is 15.5 Å². The van der Waals surface area contributed by atoms with Crippen LogP contribution >= 0.6 is 35.0 Å². The molecule has 0 radical (unpaired) electrons. The van der Waals surface area contributed by atoms with E-state index in [1.165, 1.54) is 11.8 Å². The monoisotopic (exact) mass is 393 g/mol. The zero-order valence-electron chi connectivity index (χ0n) is 12.9. The van der Waals surface area contributed by atoms with Gasteiger partial charge in [0.2, 0.25) is 17.6 Å². The number of carbonyl (C=O) groups is 1. The van der Waals surface area contributed by atoms with E-state index >= 15 is 0 Å². The number of thioether (sulfide) groups is 1. The summed E-state index contributed by atoms with van der Waals surface area (Å²) in [6, 6.07) is 14.1. The molecule has 5 nitrogen and oxygen atoms in total. The number of hydrogen-bond acceptors (Lipinski definition) is 5. The van der Waals surface area contributed by atoms with E-state index in [1.807, 2.05) is 12.1 Å². The van der Waals surface area contributed by atoms with Crippen molar-refractivity contribution in [1.82, 2.24) is 10.1 Å². The maximum absolute atomic E-state index is 11.9. The third-order valence-electron chi connectivity index (χ3n) is 3.16. The summed E-state index contributed by atoms with van der Waals surface area (Å²) in [6.07, 6.45) is 0. The molecule has 0 aliphatic carbocycles. The Kier molecular flexibility index (Phi) is 5.96. The Morgan fingerprint density at radius 3 is 2.36 bits per heavy atom. The van der Waals surface area contributed by atoms with E-state index in [-0.39, 0.29) is 11.7 Å². The second-order valence-electron chi connectivity index (χ2n) is 5.07. The van der Waals surface area contributed by atoms with E-state index in [0.717, 1.165) is 5.56 Å². The van der Waals surface area contributed by atoms with Gasteiger partial charge in [0.15, 0.2) is 0 Å². The van der Waals surface area contributed by atoms with Crippen molar-refractivity contribution in [3.8, 4) is 11.4 Å². The van der Waals surface area contributed by atoms with Crippen LogP contribution in [-0.4, -0.2) is 21.8 Å². The minimum Gasteiger partial charge on any atom is -0.338 e. The summed E-state index contributed by atoms with van der Waals surface area (Å²) < 4.78 is 5.20. The SMILES string of the molecule is O=C(CSCc1nc(-c2ccc(Cl)cc2)no1)Nc1ccc(Cl)cc1. The molecule has 3 aromatic rings. The largest absolute Gasteiger partial charge is 0.338 e. The molecule has 1 heterocycles. The van der Waals surface area contributed by atoms with Crippen LogP contribution in [0.3, 0.4) is 0 Å². The predicted octanol–water partition coefficient (Wildman–Crippen LogP) is 4.92. The van der Waals surface area contributed by atoms with Crippen molar-refractivity contribution in [1.29, 1.82) is 0 Å². The molecule has 1 N–H and O–H groups in total. The van der Waals surface area contributed by atoms with Gasteiger partial charge in [0, 0.05) is 21.3 Å². The van der Waals surface area contributed by atoms with Gasteiger partial charge in [-0.2, -0.15) is 4.98 Å². The second-order valence-corrected chi connectivity index (χ2v) is 6.92. The molecule has 0 aliphatic rings. The quantitative estimate of drug-likeness (QED) is 0.643. The fourth-order valence-electron chi connectivity index (χ4n) is 1.99. The van der Waals surface area contributed by atoms with Gasteiger partial charge >= 0.3 is 0 Å². The Bertz CT molecular complexity index is 851. The van der Waals surface area contributed by atoms with Crippen LogP contribution in [-0.2, 0) is 10.5 Å². The molecule has 3 rings (SSSR count). The zero-order valence-corrected chi connectivity index (χ0v) is 15.2. The number of nitrogens with one attached hydrogen (secondary N) is 1. The summed E-state index contributed by atoms with van der Waals surface area (Å²) in [5.74, 6) is 1.59. The molecule has 0 aliphatic heterocycles. The van der Waals surface area contributed by atoms with Crippen molar-refractivity contribution in [3.05, 3.63) is 64.5 Å². The molecule has 25 heavy (non-hydrogen) atoms. The third-order valence-corrected chi connectivity index (χ3v) is 4.58. The second kappa shape index (κ2) is 8.38. The maximum atomic E-state index is 11.9. The summed E-state index contributed by atoms with van der Waals surface area (Å²) in [5, 5.41) is 8.00. The van der Waals surface area contributed by atoms with Gasteiger partial charge < -0.3 is 9.84 Å². The number of aromatic nitrogens is 2. The zero-order chi connectivity index (χ0) is 17.6. The average molecular weight is 394 g/mol. The molecule has 0 fully saturated rings. The lowest BCUT2D eigenvalue weighted by molar-refractivity contribution is -0.113. The molecule has 0 unspecified atom stereocenters. The topological polar surface area (TPSA) is 68.0 Å². The summed E-state index contributed by atoms with van der Waals surface area (Å²) in [7, 11) is 0. The highest BCUT2D eigenvalue weighted by Gasteiger charge is 2.10. The molecule has 8 heteroatoms. The van der Waals surface area contributed by atoms with Crippen LogP contribution in [0.25, 0.3) is 11.4 Å². The first-order valence-corrected chi connectivity index (χ1v) is 9.23. The number of carbonyl (C=O) groups excluding carboxylic acids is 1. The molecular weight excluding hydrogens is 381 g/mol. The normalized spacial score (nSPS) is 10.6. The van der Waals surface area contributed by atoms with E-state index < -0.39 is 0 Å². The minimum atomic E-state index is -0.107. The van der Waals surface area contributed by atoms with Gasteiger partial charge in [0.1, 0.15) is 0 Å². The Hall–Kier alpha value is -2.02. The third kappa shape index (κ3) is 5.22. The number of nitrogens with zero attached hydrogens (tertiary/aromatic N) is 2. The van der Waals surface area contributed by atoms with Crippen molar-refractivity contribution in [2.45, 2.75) is 5.75 Å². The highest BCUT2D eigenvalue weighted by molar-refractivity contribution is 7.99. The maximum Gasteiger partial charge on any atom is 0.236 e. The average Bonchev–Trinajstić information content (AvgIpc) is 3.06. The number of hydrogen-bond donors (Lipinski definition) is 1. The van der Waals surface area contributed by atoms with Crippen LogP contribution in [0.5, 0.6) is 0 Å². The number of anilines is 1. The van der Waals surface area contributed by atoms with Gasteiger partial charge in [0.25, 0.3) is 0 Å².